The summed E-state index contributed by atoms with van der Waals surface area (Å²) in [6.07, 6.45) is 3.68. The van der Waals surface area contributed by atoms with Crippen molar-refractivity contribution in [2.24, 2.45) is 5.92 Å². The number of aliphatic carboxylic acids is 1. The molecule has 11 heavy (non-hydrogen) atoms. The van der Waals surface area contributed by atoms with Gasteiger partial charge in [-0.1, -0.05) is 18.6 Å². The standard InChI is InChI=1S/C9H16O2/c1-7(2)5-4-6-8(3)9(10)11/h5,8H,4,6H2,1-3H3,(H,10,11)/t8-/m1/s1. The first-order valence-electron chi connectivity index (χ1n) is 3.90. The van der Waals surface area contributed by atoms with E-state index in [4.69, 9.17) is 5.11 Å². The van der Waals surface area contributed by atoms with Crippen LogP contribution in [0.25, 0.3) is 0 Å². The van der Waals surface area contributed by atoms with Gasteiger partial charge in [-0.2, -0.15) is 0 Å². The second kappa shape index (κ2) is 4.94. The summed E-state index contributed by atoms with van der Waals surface area (Å²) in [4.78, 5) is 10.4. The highest BCUT2D eigenvalue weighted by atomic mass is 16.4. The average Bonchev–Trinajstić information content (AvgIpc) is 1.86. The first-order valence-corrected chi connectivity index (χ1v) is 3.90. The Hall–Kier alpha value is -0.790. The molecule has 0 rings (SSSR count). The van der Waals surface area contributed by atoms with Crippen LogP contribution < -0.4 is 0 Å². The Morgan fingerprint density at radius 1 is 1.55 bits per heavy atom. The van der Waals surface area contributed by atoms with Crippen LogP contribution in [0.1, 0.15) is 33.6 Å². The normalized spacial score (nSPS) is 12.3. The van der Waals surface area contributed by atoms with Crippen LogP contribution >= 0.6 is 0 Å². The summed E-state index contributed by atoms with van der Waals surface area (Å²) in [5, 5.41) is 8.53. The van der Waals surface area contributed by atoms with Crippen LogP contribution in [0.15, 0.2) is 11.6 Å². The molecule has 2 nitrogen and oxygen atoms in total. The number of hydrogen-bond acceptors (Lipinski definition) is 1. The van der Waals surface area contributed by atoms with Gasteiger partial charge in [-0.3, -0.25) is 4.79 Å². The molecule has 64 valence electrons. The maximum absolute atomic E-state index is 10.4. The van der Waals surface area contributed by atoms with E-state index in [1.165, 1.54) is 5.57 Å². The molecule has 0 aliphatic heterocycles. The van der Waals surface area contributed by atoms with Crippen LogP contribution in [0.3, 0.4) is 0 Å². The Balaban J connectivity index is 3.55. The molecule has 0 amide bonds. The SMILES string of the molecule is CC(C)=CCC[C@@H](C)C(=O)O. The molecule has 0 heterocycles. The molecule has 0 bridgehead atoms. The topological polar surface area (TPSA) is 37.3 Å². The second-order valence-corrected chi connectivity index (χ2v) is 3.10. The van der Waals surface area contributed by atoms with Crippen molar-refractivity contribution in [2.45, 2.75) is 33.6 Å². The van der Waals surface area contributed by atoms with Crippen LogP contribution in [-0.2, 0) is 4.79 Å². The van der Waals surface area contributed by atoms with E-state index >= 15 is 0 Å². The highest BCUT2D eigenvalue weighted by Gasteiger charge is 2.08. The number of hydrogen-bond donors (Lipinski definition) is 1. The summed E-state index contributed by atoms with van der Waals surface area (Å²) in [5.41, 5.74) is 1.25. The summed E-state index contributed by atoms with van der Waals surface area (Å²) < 4.78 is 0. The monoisotopic (exact) mass is 156 g/mol. The van der Waals surface area contributed by atoms with E-state index in [1.807, 2.05) is 13.8 Å². The molecule has 1 atom stereocenters. The quantitative estimate of drug-likeness (QED) is 0.635. The number of carboxylic acids is 1. The predicted octanol–water partition coefficient (Wildman–Crippen LogP) is 2.45. The van der Waals surface area contributed by atoms with Crippen molar-refractivity contribution < 1.29 is 9.90 Å². The van der Waals surface area contributed by atoms with Crippen LogP contribution in [0.2, 0.25) is 0 Å². The molecule has 0 aromatic heterocycles. The minimum Gasteiger partial charge on any atom is -0.481 e. The van der Waals surface area contributed by atoms with Gasteiger partial charge in [-0.25, -0.2) is 0 Å². The molecule has 0 aliphatic carbocycles. The first kappa shape index (κ1) is 10.2. The van der Waals surface area contributed by atoms with Crippen LogP contribution in [0.4, 0.5) is 0 Å². The van der Waals surface area contributed by atoms with E-state index in [-0.39, 0.29) is 5.92 Å². The number of rotatable bonds is 4. The Kier molecular flexibility index (Phi) is 4.59. The molecule has 0 fully saturated rings. The molecule has 2 heteroatoms. The zero-order chi connectivity index (χ0) is 8.85. The van der Waals surface area contributed by atoms with E-state index in [0.717, 1.165) is 12.8 Å². The largest absolute Gasteiger partial charge is 0.481 e. The second-order valence-electron chi connectivity index (χ2n) is 3.10. The van der Waals surface area contributed by atoms with Crippen LogP contribution in [0, 0.1) is 5.92 Å². The van der Waals surface area contributed by atoms with Gasteiger partial charge in [0.2, 0.25) is 0 Å². The minimum atomic E-state index is -0.702. The van der Waals surface area contributed by atoms with Crippen molar-refractivity contribution >= 4 is 5.97 Å². The fourth-order valence-corrected chi connectivity index (χ4v) is 0.745. The molecule has 0 aliphatic rings. The lowest BCUT2D eigenvalue weighted by Crippen LogP contribution is -2.08. The van der Waals surface area contributed by atoms with E-state index in [0.29, 0.717) is 0 Å². The number of carbonyl (C=O) groups is 1. The van der Waals surface area contributed by atoms with Crippen LogP contribution in [-0.4, -0.2) is 11.1 Å². The lowest BCUT2D eigenvalue weighted by Gasteiger charge is -2.02. The van der Waals surface area contributed by atoms with E-state index in [9.17, 15) is 4.79 Å². The molecule has 0 unspecified atom stereocenters. The van der Waals surface area contributed by atoms with E-state index in [1.54, 1.807) is 6.92 Å². The summed E-state index contributed by atoms with van der Waals surface area (Å²) >= 11 is 0. The van der Waals surface area contributed by atoms with E-state index < -0.39 is 5.97 Å². The van der Waals surface area contributed by atoms with Crippen molar-refractivity contribution in [3.63, 3.8) is 0 Å². The molecular formula is C9H16O2. The van der Waals surface area contributed by atoms with Gasteiger partial charge in [-0.15, -0.1) is 0 Å². The van der Waals surface area contributed by atoms with E-state index in [2.05, 4.69) is 6.08 Å². The van der Waals surface area contributed by atoms with Crippen molar-refractivity contribution in [3.8, 4) is 0 Å². The maximum Gasteiger partial charge on any atom is 0.306 e. The van der Waals surface area contributed by atoms with Gasteiger partial charge < -0.3 is 5.11 Å². The first-order chi connectivity index (χ1) is 5.04. The van der Waals surface area contributed by atoms with Crippen LogP contribution in [0.5, 0.6) is 0 Å². The third kappa shape index (κ3) is 5.64. The fourth-order valence-electron chi connectivity index (χ4n) is 0.745. The van der Waals surface area contributed by atoms with Gasteiger partial charge in [0.25, 0.3) is 0 Å². The van der Waals surface area contributed by atoms with Crippen molar-refractivity contribution in [2.75, 3.05) is 0 Å². The Morgan fingerprint density at radius 3 is 2.45 bits per heavy atom. The average molecular weight is 156 g/mol. The lowest BCUT2D eigenvalue weighted by molar-refractivity contribution is -0.141. The molecule has 0 radical (unpaired) electrons. The van der Waals surface area contributed by atoms with Gasteiger partial charge in [0.15, 0.2) is 0 Å². The highest BCUT2D eigenvalue weighted by molar-refractivity contribution is 5.69. The number of allylic oxidation sites excluding steroid dienone is 2. The third-order valence-corrected chi connectivity index (χ3v) is 1.57. The summed E-state index contributed by atoms with van der Waals surface area (Å²) in [6.45, 7) is 5.78. The van der Waals surface area contributed by atoms with Gasteiger partial charge in [0.1, 0.15) is 0 Å². The predicted molar refractivity (Wildman–Crippen MR) is 45.5 cm³/mol. The molecule has 0 aromatic carbocycles. The molecule has 0 aromatic rings. The zero-order valence-corrected chi connectivity index (χ0v) is 7.42. The Morgan fingerprint density at radius 2 is 2.09 bits per heavy atom. The fraction of sp³-hybridized carbons (Fsp3) is 0.667. The van der Waals surface area contributed by atoms with Gasteiger partial charge in [-0.05, 0) is 26.7 Å². The van der Waals surface area contributed by atoms with Crippen molar-refractivity contribution in [1.29, 1.82) is 0 Å². The van der Waals surface area contributed by atoms with Gasteiger partial charge in [0, 0.05) is 0 Å². The molecule has 0 spiro atoms. The van der Waals surface area contributed by atoms with Crippen molar-refractivity contribution in [3.05, 3.63) is 11.6 Å². The summed E-state index contributed by atoms with van der Waals surface area (Å²) in [5.74, 6) is -0.919. The zero-order valence-electron chi connectivity index (χ0n) is 7.42. The molecule has 0 saturated heterocycles. The molecule has 1 N–H and O–H groups in total. The number of carboxylic acid groups (broad SMARTS) is 1. The van der Waals surface area contributed by atoms with Gasteiger partial charge in [0.05, 0.1) is 5.92 Å². The van der Waals surface area contributed by atoms with Crippen molar-refractivity contribution in [1.82, 2.24) is 0 Å². The lowest BCUT2D eigenvalue weighted by atomic mass is 10.1. The smallest absolute Gasteiger partial charge is 0.306 e. The summed E-state index contributed by atoms with van der Waals surface area (Å²) in [6, 6.07) is 0. The molecule has 0 saturated carbocycles. The maximum atomic E-state index is 10.4. The Labute approximate surface area is 67.9 Å². The third-order valence-electron chi connectivity index (χ3n) is 1.57. The highest BCUT2D eigenvalue weighted by Crippen LogP contribution is 2.07. The molecular weight excluding hydrogens is 140 g/mol. The summed E-state index contributed by atoms with van der Waals surface area (Å²) in [7, 11) is 0. The Bertz CT molecular complexity index is 155. The van der Waals surface area contributed by atoms with Gasteiger partial charge >= 0.3 is 5.97 Å². The minimum absolute atomic E-state index is 0.217.